The van der Waals surface area contributed by atoms with Crippen molar-refractivity contribution in [2.75, 3.05) is 0 Å². The molecule has 2 rings (SSSR count). The van der Waals surface area contributed by atoms with Gasteiger partial charge in [0.05, 0.1) is 6.26 Å². The van der Waals surface area contributed by atoms with E-state index in [0.29, 0.717) is 11.1 Å². The highest BCUT2D eigenvalue weighted by molar-refractivity contribution is 5.87. The average molecular weight is 490 g/mol. The van der Waals surface area contributed by atoms with Crippen LogP contribution in [0.15, 0.2) is 93.3 Å². The summed E-state index contributed by atoms with van der Waals surface area (Å²) in [6.07, 6.45) is 6.83. The lowest BCUT2D eigenvalue weighted by molar-refractivity contribution is -0.131. The highest BCUT2D eigenvalue weighted by Crippen LogP contribution is 2.31. The van der Waals surface area contributed by atoms with Gasteiger partial charge in [-0.25, -0.2) is 19.2 Å². The maximum absolute atomic E-state index is 11.6. The molecule has 0 saturated carbocycles. The van der Waals surface area contributed by atoms with Crippen molar-refractivity contribution in [2.24, 2.45) is 0 Å². The molecule has 0 aromatic heterocycles. The molecule has 0 atom stereocenters. The first kappa shape index (κ1) is 27.1. The van der Waals surface area contributed by atoms with Crippen molar-refractivity contribution >= 4 is 30.0 Å². The minimum Gasteiger partial charge on any atom is -0.496 e. The predicted molar refractivity (Wildman–Crippen MR) is 130 cm³/mol. The monoisotopic (exact) mass is 490 g/mol. The number of ether oxygens (including phenoxy) is 5. The first-order valence-corrected chi connectivity index (χ1v) is 10.2. The first-order valence-electron chi connectivity index (χ1n) is 10.2. The number of benzene rings is 2. The normalized spacial score (nSPS) is 10.0. The van der Waals surface area contributed by atoms with Gasteiger partial charge < -0.3 is 23.7 Å². The van der Waals surface area contributed by atoms with Gasteiger partial charge in [-0.1, -0.05) is 38.4 Å². The molecular weight excluding hydrogens is 468 g/mol. The largest absolute Gasteiger partial charge is 0.496 e. The molecule has 0 bridgehead atoms. The van der Waals surface area contributed by atoms with Crippen molar-refractivity contribution in [1.82, 2.24) is 0 Å². The summed E-state index contributed by atoms with van der Waals surface area (Å²) in [5, 5.41) is 0. The van der Waals surface area contributed by atoms with E-state index in [1.807, 2.05) is 0 Å². The van der Waals surface area contributed by atoms with E-state index in [4.69, 9.17) is 23.7 Å². The van der Waals surface area contributed by atoms with Gasteiger partial charge in [0.25, 0.3) is 0 Å². The molecule has 0 amide bonds. The van der Waals surface area contributed by atoms with E-state index in [2.05, 4.69) is 26.3 Å². The van der Waals surface area contributed by atoms with E-state index in [0.717, 1.165) is 24.3 Å². The third kappa shape index (κ3) is 8.31. The zero-order valence-corrected chi connectivity index (χ0v) is 19.1. The second-order valence-corrected chi connectivity index (χ2v) is 6.60. The fourth-order valence-corrected chi connectivity index (χ4v) is 2.47. The van der Waals surface area contributed by atoms with Crippen LogP contribution in [0.4, 0.5) is 0 Å². The number of rotatable bonds is 12. The Morgan fingerprint density at radius 3 is 1.56 bits per heavy atom. The SMILES string of the molecule is C=CC(=O)Oc1ccc(/C=C/OCc2ccc(OC(=O)C=C)c(OC(=O)C=C)c2)cc1OC(=O)C=C. The predicted octanol–water partition coefficient (Wildman–Crippen LogP) is 4.24. The van der Waals surface area contributed by atoms with Crippen molar-refractivity contribution < 1.29 is 42.9 Å². The fraction of sp³-hybridized carbons (Fsp3) is 0.0370. The standard InChI is InChI=1S/C27H22O9/c1-5-24(28)33-20-11-9-18(15-22(20)35-26(30)7-3)13-14-32-17-19-10-12-21(34-25(29)6-2)23(16-19)36-27(31)8-4/h5-16H,1-4,17H2/b14-13+. The van der Waals surface area contributed by atoms with Crippen LogP contribution in [0.25, 0.3) is 6.08 Å². The first-order chi connectivity index (χ1) is 17.3. The van der Waals surface area contributed by atoms with Crippen LogP contribution in [0.3, 0.4) is 0 Å². The highest BCUT2D eigenvalue weighted by atomic mass is 16.6. The van der Waals surface area contributed by atoms with E-state index in [9.17, 15) is 19.2 Å². The van der Waals surface area contributed by atoms with E-state index in [1.165, 1.54) is 30.5 Å². The molecule has 2 aromatic carbocycles. The average Bonchev–Trinajstić information content (AvgIpc) is 2.88. The maximum atomic E-state index is 11.6. The van der Waals surface area contributed by atoms with Gasteiger partial charge in [0.15, 0.2) is 23.0 Å². The maximum Gasteiger partial charge on any atom is 0.335 e. The van der Waals surface area contributed by atoms with Gasteiger partial charge in [0, 0.05) is 24.3 Å². The molecule has 0 aliphatic rings. The summed E-state index contributed by atoms with van der Waals surface area (Å²) in [6, 6.07) is 9.03. The zero-order chi connectivity index (χ0) is 26.5. The molecule has 0 aliphatic heterocycles. The molecule has 0 saturated heterocycles. The number of hydrogen-bond donors (Lipinski definition) is 0. The fourth-order valence-electron chi connectivity index (χ4n) is 2.47. The summed E-state index contributed by atoms with van der Waals surface area (Å²) in [5.41, 5.74) is 1.16. The molecule has 0 fully saturated rings. The number of hydrogen-bond acceptors (Lipinski definition) is 9. The van der Waals surface area contributed by atoms with Crippen molar-refractivity contribution in [3.8, 4) is 23.0 Å². The Balaban J connectivity index is 2.15. The Labute approximate surface area is 207 Å². The summed E-state index contributed by atoms with van der Waals surface area (Å²) in [7, 11) is 0. The summed E-state index contributed by atoms with van der Waals surface area (Å²) in [6.45, 7) is 13.4. The summed E-state index contributed by atoms with van der Waals surface area (Å²) >= 11 is 0. The highest BCUT2D eigenvalue weighted by Gasteiger charge is 2.13. The molecule has 2 aromatic rings. The molecule has 0 unspecified atom stereocenters. The van der Waals surface area contributed by atoms with Crippen molar-refractivity contribution in [3.63, 3.8) is 0 Å². The number of carbonyl (C=O) groups excluding carboxylic acids is 4. The zero-order valence-electron chi connectivity index (χ0n) is 19.1. The van der Waals surface area contributed by atoms with E-state index < -0.39 is 23.9 Å². The lowest BCUT2D eigenvalue weighted by Gasteiger charge is -2.11. The Hall–Kier alpha value is -5.18. The van der Waals surface area contributed by atoms with Crippen molar-refractivity contribution in [3.05, 3.63) is 104 Å². The quantitative estimate of drug-likeness (QED) is 0.186. The van der Waals surface area contributed by atoms with E-state index in [1.54, 1.807) is 18.2 Å². The van der Waals surface area contributed by atoms with Crippen molar-refractivity contribution in [2.45, 2.75) is 6.61 Å². The van der Waals surface area contributed by atoms with Gasteiger partial charge in [-0.2, -0.15) is 0 Å². The molecule has 0 heterocycles. The molecule has 9 heteroatoms. The second kappa shape index (κ2) is 13.5. The topological polar surface area (TPSA) is 114 Å². The lowest BCUT2D eigenvalue weighted by Crippen LogP contribution is -2.09. The Kier molecular flexibility index (Phi) is 10.2. The van der Waals surface area contributed by atoms with Crippen LogP contribution in [-0.2, 0) is 30.5 Å². The van der Waals surface area contributed by atoms with Crippen LogP contribution in [0.1, 0.15) is 11.1 Å². The molecule has 9 nitrogen and oxygen atoms in total. The number of carbonyl (C=O) groups is 4. The Morgan fingerprint density at radius 1 is 0.611 bits per heavy atom. The van der Waals surface area contributed by atoms with Crippen LogP contribution in [0, 0.1) is 0 Å². The number of esters is 4. The Bertz CT molecular complexity index is 1240. The molecular formula is C27H22O9. The van der Waals surface area contributed by atoms with Gasteiger partial charge in [-0.15, -0.1) is 0 Å². The molecule has 184 valence electrons. The van der Waals surface area contributed by atoms with Crippen molar-refractivity contribution in [1.29, 1.82) is 0 Å². The molecule has 36 heavy (non-hydrogen) atoms. The van der Waals surface area contributed by atoms with E-state index in [-0.39, 0.29) is 29.6 Å². The second-order valence-electron chi connectivity index (χ2n) is 6.60. The van der Waals surface area contributed by atoms with Gasteiger partial charge in [0.2, 0.25) is 0 Å². The van der Waals surface area contributed by atoms with Gasteiger partial charge in [-0.3, -0.25) is 0 Å². The summed E-state index contributed by atoms with van der Waals surface area (Å²) in [4.78, 5) is 46.3. The molecule has 0 radical (unpaired) electrons. The Morgan fingerprint density at radius 2 is 1.06 bits per heavy atom. The van der Waals surface area contributed by atoms with Gasteiger partial charge in [-0.05, 0) is 41.5 Å². The summed E-state index contributed by atoms with van der Waals surface area (Å²) in [5.74, 6) is -2.88. The van der Waals surface area contributed by atoms with E-state index >= 15 is 0 Å². The lowest BCUT2D eigenvalue weighted by atomic mass is 10.2. The smallest absolute Gasteiger partial charge is 0.335 e. The van der Waals surface area contributed by atoms with Crippen LogP contribution in [0.5, 0.6) is 23.0 Å². The molecule has 0 spiro atoms. The van der Waals surface area contributed by atoms with Crippen LogP contribution in [0.2, 0.25) is 0 Å². The van der Waals surface area contributed by atoms with Crippen LogP contribution < -0.4 is 18.9 Å². The minimum absolute atomic E-state index is 0.00137. The third-order valence-corrected chi connectivity index (χ3v) is 4.09. The molecule has 0 aliphatic carbocycles. The molecule has 0 N–H and O–H groups in total. The van der Waals surface area contributed by atoms with Crippen LogP contribution in [-0.4, -0.2) is 23.9 Å². The third-order valence-electron chi connectivity index (χ3n) is 4.09. The summed E-state index contributed by atoms with van der Waals surface area (Å²) < 4.78 is 25.9. The van der Waals surface area contributed by atoms with Gasteiger partial charge in [0.1, 0.15) is 6.61 Å². The van der Waals surface area contributed by atoms with Gasteiger partial charge >= 0.3 is 23.9 Å². The van der Waals surface area contributed by atoms with Crippen LogP contribution >= 0.6 is 0 Å². The minimum atomic E-state index is -0.738.